The predicted molar refractivity (Wildman–Crippen MR) is 74.1 cm³/mol. The third-order valence-electron chi connectivity index (χ3n) is 3.78. The van der Waals surface area contributed by atoms with Crippen LogP contribution in [0.4, 0.5) is 0 Å². The first kappa shape index (κ1) is 11.4. The van der Waals surface area contributed by atoms with Gasteiger partial charge in [-0.25, -0.2) is 0 Å². The summed E-state index contributed by atoms with van der Waals surface area (Å²) in [4.78, 5) is 0. The fourth-order valence-corrected chi connectivity index (χ4v) is 2.97. The molecule has 1 aromatic carbocycles. The van der Waals surface area contributed by atoms with Crippen LogP contribution in [0.5, 0.6) is 0 Å². The number of allylic oxidation sites excluding steroid dienone is 1. The Hall–Kier alpha value is -1.70. The summed E-state index contributed by atoms with van der Waals surface area (Å²) in [6, 6.07) is 8.90. The van der Waals surface area contributed by atoms with Crippen LogP contribution < -0.4 is 5.32 Å². The highest BCUT2D eigenvalue weighted by molar-refractivity contribution is 5.69. The smallest absolute Gasteiger partial charge is 0.124 e. The summed E-state index contributed by atoms with van der Waals surface area (Å²) in [5.74, 6) is 1.45. The molecule has 0 bridgehead atoms. The zero-order valence-corrected chi connectivity index (χ0v) is 10.9. The highest BCUT2D eigenvalue weighted by atomic mass is 16.5. The average molecular weight is 241 g/mol. The van der Waals surface area contributed by atoms with Crippen molar-refractivity contribution in [2.45, 2.75) is 31.7 Å². The highest BCUT2D eigenvalue weighted by Crippen LogP contribution is 2.39. The maximum atomic E-state index is 5.52. The van der Waals surface area contributed by atoms with Crippen molar-refractivity contribution in [1.29, 1.82) is 0 Å². The van der Waals surface area contributed by atoms with Gasteiger partial charge in [0.25, 0.3) is 0 Å². The lowest BCUT2D eigenvalue weighted by molar-refractivity contribution is 0.363. The van der Waals surface area contributed by atoms with Gasteiger partial charge >= 0.3 is 0 Å². The molecule has 0 fully saturated rings. The Morgan fingerprint density at radius 1 is 1.22 bits per heavy atom. The Kier molecular flexibility index (Phi) is 2.86. The van der Waals surface area contributed by atoms with E-state index in [-0.39, 0.29) is 0 Å². The lowest BCUT2D eigenvalue weighted by Crippen LogP contribution is -2.28. The van der Waals surface area contributed by atoms with E-state index in [0.717, 1.165) is 12.2 Å². The van der Waals surface area contributed by atoms with Gasteiger partial charge in [0.1, 0.15) is 5.76 Å². The summed E-state index contributed by atoms with van der Waals surface area (Å²) < 4.78 is 5.52. The summed E-state index contributed by atoms with van der Waals surface area (Å²) in [7, 11) is 1.75. The molecule has 0 spiro atoms. The molecule has 1 N–H and O–H groups in total. The molecule has 0 aromatic heterocycles. The van der Waals surface area contributed by atoms with Gasteiger partial charge in [-0.05, 0) is 18.1 Å². The second kappa shape index (κ2) is 4.52. The number of methoxy groups -OCH3 is 1. The minimum atomic E-state index is 0.358. The number of hydrogen-bond donors (Lipinski definition) is 1. The number of fused-ring (bicyclic) bond motifs is 3. The highest BCUT2D eigenvalue weighted by Gasteiger charge is 2.32. The van der Waals surface area contributed by atoms with Crippen LogP contribution in [0.3, 0.4) is 0 Å². The number of nitrogens with one attached hydrogen (secondary N) is 1. The summed E-state index contributed by atoms with van der Waals surface area (Å²) in [6.07, 6.45) is 6.91. The van der Waals surface area contributed by atoms with Crippen molar-refractivity contribution >= 4 is 5.76 Å². The van der Waals surface area contributed by atoms with Crippen LogP contribution in [0.15, 0.2) is 42.1 Å². The number of benzene rings is 1. The molecule has 0 saturated carbocycles. The van der Waals surface area contributed by atoms with Crippen molar-refractivity contribution in [3.8, 4) is 0 Å². The van der Waals surface area contributed by atoms with E-state index in [2.05, 4.69) is 48.7 Å². The SMILES string of the molecule is CCCC1=CC2c3ccccc3C(OC)=CC2N1. The van der Waals surface area contributed by atoms with E-state index in [1.54, 1.807) is 7.11 Å². The van der Waals surface area contributed by atoms with Crippen molar-refractivity contribution < 1.29 is 4.74 Å². The molecule has 2 atom stereocenters. The third kappa shape index (κ3) is 1.72. The Labute approximate surface area is 108 Å². The number of ether oxygens (including phenoxy) is 1. The van der Waals surface area contributed by atoms with E-state index >= 15 is 0 Å². The molecular weight excluding hydrogens is 222 g/mol. The van der Waals surface area contributed by atoms with Crippen LogP contribution in [0.25, 0.3) is 5.76 Å². The summed E-state index contributed by atoms with van der Waals surface area (Å²) >= 11 is 0. The molecule has 1 aliphatic heterocycles. The molecule has 2 nitrogen and oxygen atoms in total. The first-order valence-electron chi connectivity index (χ1n) is 6.66. The maximum Gasteiger partial charge on any atom is 0.124 e. The minimum absolute atomic E-state index is 0.358. The average Bonchev–Trinajstić information content (AvgIpc) is 2.81. The third-order valence-corrected chi connectivity index (χ3v) is 3.78. The molecule has 2 heteroatoms. The zero-order valence-electron chi connectivity index (χ0n) is 10.9. The van der Waals surface area contributed by atoms with Crippen molar-refractivity contribution in [2.75, 3.05) is 7.11 Å². The van der Waals surface area contributed by atoms with Crippen molar-refractivity contribution in [2.24, 2.45) is 0 Å². The molecule has 3 rings (SSSR count). The summed E-state index contributed by atoms with van der Waals surface area (Å²) in [5, 5.41) is 3.60. The largest absolute Gasteiger partial charge is 0.496 e. The van der Waals surface area contributed by atoms with Crippen LogP contribution in [0.2, 0.25) is 0 Å². The molecule has 1 aliphatic carbocycles. The second-order valence-corrected chi connectivity index (χ2v) is 4.96. The minimum Gasteiger partial charge on any atom is -0.496 e. The fourth-order valence-electron chi connectivity index (χ4n) is 2.97. The Morgan fingerprint density at radius 3 is 2.83 bits per heavy atom. The lowest BCUT2D eigenvalue weighted by Gasteiger charge is -2.26. The van der Waals surface area contributed by atoms with Crippen molar-refractivity contribution in [1.82, 2.24) is 5.32 Å². The Balaban J connectivity index is 2.02. The van der Waals surface area contributed by atoms with Crippen LogP contribution in [0, 0.1) is 0 Å². The lowest BCUT2D eigenvalue weighted by atomic mass is 9.84. The molecule has 94 valence electrons. The van der Waals surface area contributed by atoms with Gasteiger partial charge in [0.15, 0.2) is 0 Å². The standard InChI is InChI=1S/C16H19NO/c1-3-6-11-9-14-12-7-4-5-8-13(12)16(18-2)10-15(14)17-11/h4-5,7-10,14-15,17H,3,6H2,1-2H3. The summed E-state index contributed by atoms with van der Waals surface area (Å²) in [5.41, 5.74) is 3.98. The number of rotatable bonds is 3. The van der Waals surface area contributed by atoms with Crippen molar-refractivity contribution in [3.05, 3.63) is 53.2 Å². The fraction of sp³-hybridized carbons (Fsp3) is 0.375. The molecule has 0 amide bonds. The second-order valence-electron chi connectivity index (χ2n) is 4.96. The molecule has 2 unspecified atom stereocenters. The molecular formula is C16H19NO. The van der Waals surface area contributed by atoms with Crippen LogP contribution >= 0.6 is 0 Å². The van der Waals surface area contributed by atoms with Crippen LogP contribution in [-0.4, -0.2) is 13.2 Å². The molecule has 2 aliphatic rings. The molecule has 1 aromatic rings. The van der Waals surface area contributed by atoms with E-state index < -0.39 is 0 Å². The van der Waals surface area contributed by atoms with Crippen LogP contribution in [-0.2, 0) is 4.74 Å². The monoisotopic (exact) mass is 241 g/mol. The molecule has 1 heterocycles. The van der Waals surface area contributed by atoms with Crippen LogP contribution in [0.1, 0.15) is 36.8 Å². The van der Waals surface area contributed by atoms with E-state index in [1.165, 1.54) is 23.2 Å². The Morgan fingerprint density at radius 2 is 2.06 bits per heavy atom. The maximum absolute atomic E-state index is 5.52. The summed E-state index contributed by atoms with van der Waals surface area (Å²) in [6.45, 7) is 2.22. The predicted octanol–water partition coefficient (Wildman–Crippen LogP) is 3.43. The molecule has 18 heavy (non-hydrogen) atoms. The van der Waals surface area contributed by atoms with Gasteiger partial charge < -0.3 is 10.1 Å². The number of hydrogen-bond acceptors (Lipinski definition) is 2. The van der Waals surface area contributed by atoms with Gasteiger partial charge in [0, 0.05) is 17.2 Å². The Bertz CT molecular complexity index is 516. The molecule has 0 radical (unpaired) electrons. The zero-order chi connectivity index (χ0) is 12.5. The van der Waals surface area contributed by atoms with Gasteiger partial charge in [-0.3, -0.25) is 0 Å². The van der Waals surface area contributed by atoms with Gasteiger partial charge in [-0.1, -0.05) is 43.7 Å². The quantitative estimate of drug-likeness (QED) is 0.875. The van der Waals surface area contributed by atoms with Gasteiger partial charge in [0.2, 0.25) is 0 Å². The first-order valence-corrected chi connectivity index (χ1v) is 6.66. The van der Waals surface area contributed by atoms with Gasteiger partial charge in [-0.2, -0.15) is 0 Å². The van der Waals surface area contributed by atoms with Gasteiger partial charge in [-0.15, -0.1) is 0 Å². The first-order chi connectivity index (χ1) is 8.83. The van der Waals surface area contributed by atoms with Crippen molar-refractivity contribution in [3.63, 3.8) is 0 Å². The van der Waals surface area contributed by atoms with E-state index in [0.29, 0.717) is 12.0 Å². The topological polar surface area (TPSA) is 21.3 Å². The van der Waals surface area contributed by atoms with E-state index in [9.17, 15) is 0 Å². The van der Waals surface area contributed by atoms with E-state index in [1.807, 2.05) is 0 Å². The normalized spacial score (nSPS) is 24.6. The van der Waals surface area contributed by atoms with E-state index in [4.69, 9.17) is 4.74 Å². The van der Waals surface area contributed by atoms with Gasteiger partial charge in [0.05, 0.1) is 13.2 Å². The molecule has 0 saturated heterocycles.